The molecule has 5 heteroatoms. The van der Waals surface area contributed by atoms with Crippen LogP contribution in [0.15, 0.2) is 21.2 Å². The van der Waals surface area contributed by atoms with Crippen LogP contribution in [0.3, 0.4) is 0 Å². The third kappa shape index (κ3) is 3.33. The minimum absolute atomic E-state index is 0.126. The molecule has 1 aromatic rings. The van der Waals surface area contributed by atoms with E-state index >= 15 is 0 Å². The lowest BCUT2D eigenvalue weighted by molar-refractivity contribution is 0.0876. The zero-order valence-corrected chi connectivity index (χ0v) is 11.5. The lowest BCUT2D eigenvalue weighted by Crippen LogP contribution is -2.47. The van der Waals surface area contributed by atoms with Gasteiger partial charge >= 0.3 is 0 Å². The number of piperidine rings is 1. The molecule has 1 atom stereocenters. The SMILES string of the molecule is CCN1CCCC(NC(=O)c2ccc(Br)o2)C1. The van der Waals surface area contributed by atoms with Crippen LogP contribution in [0.1, 0.15) is 30.3 Å². The molecule has 2 rings (SSSR count). The van der Waals surface area contributed by atoms with E-state index in [1.807, 2.05) is 0 Å². The fraction of sp³-hybridized carbons (Fsp3) is 0.583. The molecule has 17 heavy (non-hydrogen) atoms. The molecule has 4 nitrogen and oxygen atoms in total. The summed E-state index contributed by atoms with van der Waals surface area (Å²) in [4.78, 5) is 14.2. The number of hydrogen-bond donors (Lipinski definition) is 1. The molecule has 1 saturated heterocycles. The van der Waals surface area contributed by atoms with E-state index in [0.29, 0.717) is 10.4 Å². The van der Waals surface area contributed by atoms with Crippen molar-refractivity contribution in [3.8, 4) is 0 Å². The maximum absolute atomic E-state index is 11.9. The Hall–Kier alpha value is -0.810. The summed E-state index contributed by atoms with van der Waals surface area (Å²) in [6.07, 6.45) is 2.19. The molecular formula is C12H17BrN2O2. The van der Waals surface area contributed by atoms with Gasteiger partial charge in [0.25, 0.3) is 5.91 Å². The molecule has 1 amide bonds. The fourth-order valence-electron chi connectivity index (χ4n) is 2.15. The van der Waals surface area contributed by atoms with E-state index < -0.39 is 0 Å². The monoisotopic (exact) mass is 300 g/mol. The van der Waals surface area contributed by atoms with E-state index in [2.05, 4.69) is 33.1 Å². The van der Waals surface area contributed by atoms with Gasteiger partial charge in [-0.25, -0.2) is 0 Å². The predicted molar refractivity (Wildman–Crippen MR) is 69.0 cm³/mol. The van der Waals surface area contributed by atoms with E-state index in [0.717, 1.165) is 32.5 Å². The largest absolute Gasteiger partial charge is 0.444 e. The highest BCUT2D eigenvalue weighted by atomic mass is 79.9. The van der Waals surface area contributed by atoms with Crippen LogP contribution in [0.25, 0.3) is 0 Å². The summed E-state index contributed by atoms with van der Waals surface area (Å²) < 4.78 is 5.82. The van der Waals surface area contributed by atoms with E-state index in [-0.39, 0.29) is 11.9 Å². The second-order valence-electron chi connectivity index (χ2n) is 4.31. The van der Waals surface area contributed by atoms with E-state index in [4.69, 9.17) is 4.42 Å². The van der Waals surface area contributed by atoms with Crippen LogP contribution < -0.4 is 5.32 Å². The first kappa shape index (κ1) is 12.6. The second-order valence-corrected chi connectivity index (χ2v) is 5.09. The highest BCUT2D eigenvalue weighted by molar-refractivity contribution is 9.10. The van der Waals surface area contributed by atoms with Gasteiger partial charge in [0.2, 0.25) is 0 Å². The van der Waals surface area contributed by atoms with Crippen molar-refractivity contribution < 1.29 is 9.21 Å². The number of carbonyl (C=O) groups is 1. The molecule has 0 aromatic carbocycles. The fourth-order valence-corrected chi connectivity index (χ4v) is 2.46. The topological polar surface area (TPSA) is 45.5 Å². The van der Waals surface area contributed by atoms with Gasteiger partial charge in [0, 0.05) is 12.6 Å². The van der Waals surface area contributed by atoms with Crippen LogP contribution >= 0.6 is 15.9 Å². The molecule has 1 aromatic heterocycles. The van der Waals surface area contributed by atoms with E-state index in [1.54, 1.807) is 12.1 Å². The Labute approximate surface area is 109 Å². The summed E-state index contributed by atoms with van der Waals surface area (Å²) in [6.45, 7) is 5.26. The molecule has 0 saturated carbocycles. The van der Waals surface area contributed by atoms with Gasteiger partial charge in [-0.15, -0.1) is 0 Å². The Morgan fingerprint density at radius 1 is 1.65 bits per heavy atom. The number of likely N-dealkylation sites (tertiary alicyclic amines) is 1. The number of hydrogen-bond acceptors (Lipinski definition) is 3. The zero-order valence-electron chi connectivity index (χ0n) is 9.91. The number of carbonyl (C=O) groups excluding carboxylic acids is 1. The van der Waals surface area contributed by atoms with Crippen molar-refractivity contribution in [1.82, 2.24) is 10.2 Å². The van der Waals surface area contributed by atoms with E-state index in [1.165, 1.54) is 0 Å². The van der Waals surface area contributed by atoms with Crippen LogP contribution in [0.4, 0.5) is 0 Å². The number of furan rings is 1. The summed E-state index contributed by atoms with van der Waals surface area (Å²) in [6, 6.07) is 3.65. The molecule has 1 unspecified atom stereocenters. The first-order valence-electron chi connectivity index (χ1n) is 5.97. The van der Waals surface area contributed by atoms with Crippen molar-refractivity contribution in [2.24, 2.45) is 0 Å². The van der Waals surface area contributed by atoms with Crippen molar-refractivity contribution in [1.29, 1.82) is 0 Å². The number of likely N-dealkylation sites (N-methyl/N-ethyl adjacent to an activating group) is 1. The lowest BCUT2D eigenvalue weighted by atomic mass is 10.1. The molecule has 1 fully saturated rings. The molecule has 1 aliphatic rings. The van der Waals surface area contributed by atoms with Gasteiger partial charge < -0.3 is 14.6 Å². The van der Waals surface area contributed by atoms with Gasteiger partial charge in [-0.2, -0.15) is 0 Å². The Kier molecular flexibility index (Phi) is 4.23. The van der Waals surface area contributed by atoms with Gasteiger partial charge in [0.1, 0.15) is 0 Å². The first-order valence-corrected chi connectivity index (χ1v) is 6.77. The summed E-state index contributed by atoms with van der Waals surface area (Å²) >= 11 is 3.19. The summed E-state index contributed by atoms with van der Waals surface area (Å²) in [5.41, 5.74) is 0. The number of nitrogens with zero attached hydrogens (tertiary/aromatic N) is 1. The number of nitrogens with one attached hydrogen (secondary N) is 1. The van der Waals surface area contributed by atoms with Crippen LogP contribution in [0.5, 0.6) is 0 Å². The van der Waals surface area contributed by atoms with Crippen LogP contribution in [0, 0.1) is 0 Å². The standard InChI is InChI=1S/C12H17BrN2O2/c1-2-15-7-3-4-9(8-15)14-12(16)10-5-6-11(13)17-10/h5-6,9H,2-4,7-8H2,1H3,(H,14,16). The van der Waals surface area contributed by atoms with Crippen LogP contribution in [0.2, 0.25) is 0 Å². The number of rotatable bonds is 3. The van der Waals surface area contributed by atoms with Crippen molar-refractivity contribution in [3.63, 3.8) is 0 Å². The van der Waals surface area contributed by atoms with Gasteiger partial charge in [-0.1, -0.05) is 6.92 Å². The smallest absolute Gasteiger partial charge is 0.287 e. The van der Waals surface area contributed by atoms with Crippen molar-refractivity contribution in [3.05, 3.63) is 22.6 Å². The quantitative estimate of drug-likeness (QED) is 0.931. The van der Waals surface area contributed by atoms with Gasteiger partial charge in [0.15, 0.2) is 10.4 Å². The number of halogens is 1. The Balaban J connectivity index is 1.90. The Morgan fingerprint density at radius 2 is 2.47 bits per heavy atom. The highest BCUT2D eigenvalue weighted by Gasteiger charge is 2.21. The summed E-state index contributed by atoms with van der Waals surface area (Å²) in [5, 5.41) is 3.02. The first-order chi connectivity index (χ1) is 8.19. The van der Waals surface area contributed by atoms with Crippen molar-refractivity contribution in [2.45, 2.75) is 25.8 Å². The molecular weight excluding hydrogens is 284 g/mol. The molecule has 1 aliphatic heterocycles. The molecule has 1 N–H and O–H groups in total. The maximum atomic E-state index is 11.9. The summed E-state index contributed by atoms with van der Waals surface area (Å²) in [5.74, 6) is 0.240. The third-order valence-corrected chi connectivity index (χ3v) is 3.51. The maximum Gasteiger partial charge on any atom is 0.287 e. The average Bonchev–Trinajstić information content (AvgIpc) is 2.76. The van der Waals surface area contributed by atoms with Crippen LogP contribution in [-0.4, -0.2) is 36.5 Å². The molecule has 0 aliphatic carbocycles. The van der Waals surface area contributed by atoms with Gasteiger partial charge in [-0.3, -0.25) is 4.79 Å². The molecule has 94 valence electrons. The number of amides is 1. The van der Waals surface area contributed by atoms with Gasteiger partial charge in [-0.05, 0) is 54.0 Å². The molecule has 2 heterocycles. The van der Waals surface area contributed by atoms with Gasteiger partial charge in [0.05, 0.1) is 0 Å². The molecule has 0 bridgehead atoms. The Morgan fingerprint density at radius 3 is 3.12 bits per heavy atom. The van der Waals surface area contributed by atoms with Crippen molar-refractivity contribution >= 4 is 21.8 Å². The van der Waals surface area contributed by atoms with E-state index in [9.17, 15) is 4.79 Å². The highest BCUT2D eigenvalue weighted by Crippen LogP contribution is 2.15. The lowest BCUT2D eigenvalue weighted by Gasteiger charge is -2.31. The average molecular weight is 301 g/mol. The summed E-state index contributed by atoms with van der Waals surface area (Å²) in [7, 11) is 0. The normalized spacial score (nSPS) is 21.4. The zero-order chi connectivity index (χ0) is 12.3. The van der Waals surface area contributed by atoms with Crippen molar-refractivity contribution in [2.75, 3.05) is 19.6 Å². The second kappa shape index (κ2) is 5.69. The predicted octanol–water partition coefficient (Wildman–Crippen LogP) is 2.26. The minimum atomic E-state index is -0.126. The minimum Gasteiger partial charge on any atom is -0.444 e. The van der Waals surface area contributed by atoms with Crippen LogP contribution in [-0.2, 0) is 0 Å². The molecule has 0 spiro atoms. The molecule has 0 radical (unpaired) electrons. The third-order valence-electron chi connectivity index (χ3n) is 3.08. The Bertz CT molecular complexity index is 392.